The standard InChI is InChI=1S/C34H27N9O/c1-42-23-28(22-39-42)26-12-17-31(36-20-26)43(34(44)38-19-24-8-4-2-5-9-24)30-15-13-29(14-16-30)40-33-37-21-27(18-35)32(41-33)25-10-6-3-7-11-25/h2-17,20-23H,19H2,1H3,(H,38,44)(H,37,40,41). The van der Waals surface area contributed by atoms with Gasteiger partial charge in [-0.1, -0.05) is 60.7 Å². The van der Waals surface area contributed by atoms with Crippen LogP contribution < -0.4 is 15.5 Å². The van der Waals surface area contributed by atoms with Gasteiger partial charge in [-0.05, 0) is 42.0 Å². The first-order valence-electron chi connectivity index (χ1n) is 13.8. The SMILES string of the molecule is Cn1cc(-c2ccc(N(C(=O)NCc3ccccc3)c3ccc(Nc4ncc(C#N)c(-c5ccccc5)n4)cc3)nc2)cn1. The molecule has 214 valence electrons. The summed E-state index contributed by atoms with van der Waals surface area (Å²) in [5, 5.41) is 20.0. The number of amides is 2. The second kappa shape index (κ2) is 12.7. The Morgan fingerprint density at radius 1 is 0.841 bits per heavy atom. The summed E-state index contributed by atoms with van der Waals surface area (Å²) in [4.78, 5) is 28.7. The minimum Gasteiger partial charge on any atom is -0.333 e. The zero-order valence-corrected chi connectivity index (χ0v) is 23.8. The summed E-state index contributed by atoms with van der Waals surface area (Å²) >= 11 is 0. The smallest absolute Gasteiger partial charge is 0.327 e. The molecule has 0 saturated heterocycles. The fourth-order valence-corrected chi connectivity index (χ4v) is 4.63. The molecule has 0 aliphatic heterocycles. The highest BCUT2D eigenvalue weighted by Crippen LogP contribution is 2.29. The van der Waals surface area contributed by atoms with Crippen LogP contribution in [0.4, 0.5) is 27.9 Å². The minimum atomic E-state index is -0.320. The molecular formula is C34H27N9O. The molecule has 0 unspecified atom stereocenters. The van der Waals surface area contributed by atoms with Gasteiger partial charge in [-0.3, -0.25) is 4.68 Å². The first-order valence-corrected chi connectivity index (χ1v) is 13.8. The van der Waals surface area contributed by atoms with E-state index in [1.54, 1.807) is 17.1 Å². The van der Waals surface area contributed by atoms with Crippen LogP contribution in [-0.4, -0.2) is 30.8 Å². The third-order valence-corrected chi connectivity index (χ3v) is 6.84. The van der Waals surface area contributed by atoms with E-state index in [-0.39, 0.29) is 6.03 Å². The molecule has 0 bridgehead atoms. The predicted octanol–water partition coefficient (Wildman–Crippen LogP) is 6.60. The van der Waals surface area contributed by atoms with Crippen molar-refractivity contribution in [3.8, 4) is 28.5 Å². The summed E-state index contributed by atoms with van der Waals surface area (Å²) in [6.07, 6.45) is 6.91. The van der Waals surface area contributed by atoms with Crippen molar-refractivity contribution in [3.63, 3.8) is 0 Å². The van der Waals surface area contributed by atoms with Gasteiger partial charge in [0, 0.05) is 48.4 Å². The third-order valence-electron chi connectivity index (χ3n) is 6.84. The van der Waals surface area contributed by atoms with E-state index in [1.165, 1.54) is 11.1 Å². The molecular weight excluding hydrogens is 550 g/mol. The molecule has 6 rings (SSSR count). The number of nitrogens with one attached hydrogen (secondary N) is 2. The number of nitriles is 1. The van der Waals surface area contributed by atoms with Crippen molar-refractivity contribution in [1.82, 2.24) is 30.0 Å². The zero-order valence-electron chi connectivity index (χ0n) is 23.8. The number of carbonyl (C=O) groups is 1. The Morgan fingerprint density at radius 2 is 1.59 bits per heavy atom. The molecule has 0 aliphatic carbocycles. The van der Waals surface area contributed by atoms with E-state index >= 15 is 0 Å². The Morgan fingerprint density at radius 3 is 2.25 bits per heavy atom. The number of anilines is 4. The van der Waals surface area contributed by atoms with Gasteiger partial charge in [0.05, 0.1) is 29.3 Å². The number of rotatable bonds is 8. The van der Waals surface area contributed by atoms with Crippen LogP contribution in [0.1, 0.15) is 11.1 Å². The van der Waals surface area contributed by atoms with Crippen LogP contribution in [0.15, 0.2) is 122 Å². The van der Waals surface area contributed by atoms with Gasteiger partial charge in [-0.15, -0.1) is 0 Å². The third kappa shape index (κ3) is 6.27. The molecule has 3 heterocycles. The summed E-state index contributed by atoms with van der Waals surface area (Å²) in [6, 6.07) is 32.1. The molecule has 0 fully saturated rings. The van der Waals surface area contributed by atoms with E-state index in [1.807, 2.05) is 110 Å². The van der Waals surface area contributed by atoms with Gasteiger partial charge < -0.3 is 10.6 Å². The summed E-state index contributed by atoms with van der Waals surface area (Å²) in [5.41, 5.74) is 5.89. The zero-order chi connectivity index (χ0) is 30.3. The van der Waals surface area contributed by atoms with Gasteiger partial charge in [-0.25, -0.2) is 24.6 Å². The van der Waals surface area contributed by atoms with Gasteiger partial charge in [0.2, 0.25) is 5.95 Å². The lowest BCUT2D eigenvalue weighted by molar-refractivity contribution is 0.248. The van der Waals surface area contributed by atoms with Crippen molar-refractivity contribution in [2.75, 3.05) is 10.2 Å². The molecule has 0 aliphatic rings. The largest absolute Gasteiger partial charge is 0.333 e. The number of benzene rings is 3. The van der Waals surface area contributed by atoms with Gasteiger partial charge in [-0.2, -0.15) is 10.4 Å². The second-order valence-electron chi connectivity index (χ2n) is 9.89. The maximum Gasteiger partial charge on any atom is 0.327 e. The Balaban J connectivity index is 1.26. The van der Waals surface area contributed by atoms with Crippen LogP contribution in [0, 0.1) is 11.3 Å². The molecule has 0 saturated carbocycles. The van der Waals surface area contributed by atoms with E-state index in [4.69, 9.17) is 0 Å². The lowest BCUT2D eigenvalue weighted by Gasteiger charge is -2.23. The number of hydrogen-bond acceptors (Lipinski definition) is 7. The van der Waals surface area contributed by atoms with Crippen LogP contribution >= 0.6 is 0 Å². The van der Waals surface area contributed by atoms with E-state index in [9.17, 15) is 10.1 Å². The number of aryl methyl sites for hydroxylation is 1. The van der Waals surface area contributed by atoms with Gasteiger partial charge >= 0.3 is 6.03 Å². The summed E-state index contributed by atoms with van der Waals surface area (Å²) in [5.74, 6) is 0.813. The number of hydrogen-bond donors (Lipinski definition) is 2. The molecule has 0 atom stereocenters. The van der Waals surface area contributed by atoms with Crippen LogP contribution in [-0.2, 0) is 13.6 Å². The lowest BCUT2D eigenvalue weighted by Crippen LogP contribution is -2.37. The lowest BCUT2D eigenvalue weighted by atomic mass is 10.1. The fourth-order valence-electron chi connectivity index (χ4n) is 4.63. The second-order valence-corrected chi connectivity index (χ2v) is 9.89. The maximum atomic E-state index is 13.6. The molecule has 44 heavy (non-hydrogen) atoms. The highest BCUT2D eigenvalue weighted by molar-refractivity contribution is 5.98. The molecule has 3 aromatic heterocycles. The predicted molar refractivity (Wildman–Crippen MR) is 169 cm³/mol. The monoisotopic (exact) mass is 577 g/mol. The minimum absolute atomic E-state index is 0.320. The number of urea groups is 1. The van der Waals surface area contributed by atoms with Crippen molar-refractivity contribution in [3.05, 3.63) is 133 Å². The van der Waals surface area contributed by atoms with Crippen LogP contribution in [0.5, 0.6) is 0 Å². The summed E-state index contributed by atoms with van der Waals surface area (Å²) in [7, 11) is 1.86. The first kappa shape index (κ1) is 27.8. The number of carbonyl (C=O) groups excluding carboxylic acids is 1. The topological polar surface area (TPSA) is 125 Å². The van der Waals surface area contributed by atoms with Crippen molar-refractivity contribution >= 4 is 29.2 Å². The molecule has 3 aromatic carbocycles. The van der Waals surface area contributed by atoms with Crippen molar-refractivity contribution < 1.29 is 4.79 Å². The van der Waals surface area contributed by atoms with Gasteiger partial charge in [0.15, 0.2) is 0 Å². The van der Waals surface area contributed by atoms with Crippen LogP contribution in [0.25, 0.3) is 22.4 Å². The Kier molecular flexibility index (Phi) is 8.01. The van der Waals surface area contributed by atoms with Crippen LogP contribution in [0.2, 0.25) is 0 Å². The molecule has 2 N–H and O–H groups in total. The van der Waals surface area contributed by atoms with Gasteiger partial charge in [0.1, 0.15) is 11.9 Å². The average molecular weight is 578 g/mol. The number of nitrogens with zero attached hydrogens (tertiary/aromatic N) is 7. The highest BCUT2D eigenvalue weighted by atomic mass is 16.2. The molecule has 10 nitrogen and oxygen atoms in total. The van der Waals surface area contributed by atoms with E-state index in [2.05, 4.69) is 36.8 Å². The summed E-state index contributed by atoms with van der Waals surface area (Å²) in [6.45, 7) is 0.364. The molecule has 6 aromatic rings. The highest BCUT2D eigenvalue weighted by Gasteiger charge is 2.20. The first-order chi connectivity index (χ1) is 21.6. The maximum absolute atomic E-state index is 13.6. The average Bonchev–Trinajstić information content (AvgIpc) is 3.52. The van der Waals surface area contributed by atoms with Crippen molar-refractivity contribution in [2.45, 2.75) is 6.54 Å². The normalized spacial score (nSPS) is 10.5. The van der Waals surface area contributed by atoms with Crippen molar-refractivity contribution in [2.24, 2.45) is 7.05 Å². The quantitative estimate of drug-likeness (QED) is 0.209. The van der Waals surface area contributed by atoms with E-state index < -0.39 is 0 Å². The van der Waals surface area contributed by atoms with Crippen LogP contribution in [0.3, 0.4) is 0 Å². The Hall–Kier alpha value is -6.34. The van der Waals surface area contributed by atoms with Gasteiger partial charge in [0.25, 0.3) is 0 Å². The Bertz CT molecular complexity index is 1910. The van der Waals surface area contributed by atoms with E-state index in [0.29, 0.717) is 40.9 Å². The number of aromatic nitrogens is 5. The van der Waals surface area contributed by atoms with Crippen molar-refractivity contribution in [1.29, 1.82) is 5.26 Å². The molecule has 0 spiro atoms. The number of pyridine rings is 1. The molecule has 10 heteroatoms. The Labute approximate surface area is 254 Å². The molecule has 0 radical (unpaired) electrons. The molecule has 2 amide bonds. The summed E-state index contributed by atoms with van der Waals surface area (Å²) < 4.78 is 1.73. The van der Waals surface area contributed by atoms with E-state index in [0.717, 1.165) is 22.3 Å². The fraction of sp³-hybridized carbons (Fsp3) is 0.0588.